The molecule has 4 heteroatoms. The fraction of sp³-hybridized carbons (Fsp3) is 0.0909. The van der Waals surface area contributed by atoms with Crippen LogP contribution < -0.4 is 10.1 Å². The molecule has 4 nitrogen and oxygen atoms in total. The van der Waals surface area contributed by atoms with Gasteiger partial charge in [0.05, 0.1) is 0 Å². The Kier molecular flexibility index (Phi) is 4.09. The number of esters is 1. The number of nitrogens with one attached hydrogen (secondary N) is 1. The molecule has 0 unspecified atom stereocenters. The number of carbonyl (C=O) groups is 2. The smallest absolute Gasteiger partial charge is 0.308 e. The van der Waals surface area contributed by atoms with Crippen molar-refractivity contribution in [3.63, 3.8) is 0 Å². The molecule has 0 aromatic heterocycles. The van der Waals surface area contributed by atoms with Crippen LogP contribution in [0.1, 0.15) is 12.5 Å². The molecule has 1 amide bonds. The Morgan fingerprint density at radius 3 is 2.80 bits per heavy atom. The Labute approximate surface area is 87.6 Å². The summed E-state index contributed by atoms with van der Waals surface area (Å²) < 4.78 is 4.97. The van der Waals surface area contributed by atoms with E-state index in [0.717, 1.165) is 5.56 Å². The Balaban J connectivity index is 2.85. The summed E-state index contributed by atoms with van der Waals surface area (Å²) in [5.41, 5.74) is 0.724. The van der Waals surface area contributed by atoms with Gasteiger partial charge in [0, 0.05) is 18.7 Å². The first kappa shape index (κ1) is 11.0. The second kappa shape index (κ2) is 5.59. The molecule has 0 spiro atoms. The van der Waals surface area contributed by atoms with Crippen molar-refractivity contribution in [1.82, 2.24) is 5.32 Å². The number of amides is 1. The number of hydrogen-bond donors (Lipinski definition) is 1. The maximum absolute atomic E-state index is 10.8. The van der Waals surface area contributed by atoms with Crippen molar-refractivity contribution in [3.8, 4) is 5.75 Å². The van der Waals surface area contributed by atoms with Crippen LogP contribution in [-0.4, -0.2) is 12.4 Å². The lowest BCUT2D eigenvalue weighted by atomic mass is 10.2. The molecule has 15 heavy (non-hydrogen) atoms. The van der Waals surface area contributed by atoms with E-state index in [0.29, 0.717) is 12.2 Å². The van der Waals surface area contributed by atoms with Crippen LogP contribution in [0.3, 0.4) is 0 Å². The normalized spacial score (nSPS) is 9.93. The van der Waals surface area contributed by atoms with Crippen LogP contribution in [0.5, 0.6) is 5.75 Å². The van der Waals surface area contributed by atoms with Gasteiger partial charge in [-0.1, -0.05) is 18.2 Å². The number of ether oxygens (including phenoxy) is 1. The molecule has 0 saturated carbocycles. The minimum Gasteiger partial charge on any atom is -0.426 e. The van der Waals surface area contributed by atoms with Gasteiger partial charge in [-0.3, -0.25) is 9.59 Å². The fourth-order valence-corrected chi connectivity index (χ4v) is 1.04. The highest BCUT2D eigenvalue weighted by molar-refractivity contribution is 5.72. The first-order valence-corrected chi connectivity index (χ1v) is 4.37. The molecular weight excluding hydrogens is 194 g/mol. The summed E-state index contributed by atoms with van der Waals surface area (Å²) in [6.07, 6.45) is 3.67. The second-order valence-electron chi connectivity index (χ2n) is 2.75. The lowest BCUT2D eigenvalue weighted by Gasteiger charge is -2.04. The number of rotatable bonds is 4. The summed E-state index contributed by atoms with van der Waals surface area (Å²) in [4.78, 5) is 20.8. The van der Waals surface area contributed by atoms with E-state index < -0.39 is 0 Å². The summed E-state index contributed by atoms with van der Waals surface area (Å²) >= 11 is 0. The van der Waals surface area contributed by atoms with Crippen LogP contribution in [-0.2, 0) is 9.59 Å². The van der Waals surface area contributed by atoms with Gasteiger partial charge in [-0.25, -0.2) is 0 Å². The Morgan fingerprint density at radius 2 is 2.13 bits per heavy atom. The van der Waals surface area contributed by atoms with E-state index in [2.05, 4.69) is 5.32 Å². The number of hydrogen-bond acceptors (Lipinski definition) is 3. The zero-order valence-corrected chi connectivity index (χ0v) is 8.27. The maximum atomic E-state index is 10.8. The predicted molar refractivity (Wildman–Crippen MR) is 56.0 cm³/mol. The molecule has 1 aromatic carbocycles. The first-order chi connectivity index (χ1) is 7.24. The van der Waals surface area contributed by atoms with E-state index >= 15 is 0 Å². The van der Waals surface area contributed by atoms with E-state index in [1.54, 1.807) is 24.3 Å². The number of para-hydroxylation sites is 1. The van der Waals surface area contributed by atoms with Gasteiger partial charge in [0.1, 0.15) is 5.75 Å². The van der Waals surface area contributed by atoms with Crippen molar-refractivity contribution in [2.24, 2.45) is 0 Å². The fourth-order valence-electron chi connectivity index (χ4n) is 1.04. The Bertz CT molecular complexity index is 385. The summed E-state index contributed by atoms with van der Waals surface area (Å²) in [6.45, 7) is 1.34. The van der Waals surface area contributed by atoms with Gasteiger partial charge in [0.15, 0.2) is 0 Å². The monoisotopic (exact) mass is 205 g/mol. The molecule has 78 valence electrons. The predicted octanol–water partition coefficient (Wildman–Crippen LogP) is 1.33. The van der Waals surface area contributed by atoms with Gasteiger partial charge in [0.2, 0.25) is 6.41 Å². The molecule has 0 heterocycles. The van der Waals surface area contributed by atoms with Gasteiger partial charge < -0.3 is 10.1 Å². The van der Waals surface area contributed by atoms with Gasteiger partial charge in [-0.15, -0.1) is 0 Å². The highest BCUT2D eigenvalue weighted by Crippen LogP contribution is 2.19. The zero-order chi connectivity index (χ0) is 11.1. The van der Waals surface area contributed by atoms with E-state index in [1.165, 1.54) is 13.1 Å². The average Bonchev–Trinajstić information content (AvgIpc) is 2.20. The van der Waals surface area contributed by atoms with Crippen LogP contribution in [0, 0.1) is 0 Å². The molecular formula is C11H11NO3. The number of benzene rings is 1. The van der Waals surface area contributed by atoms with Crippen molar-refractivity contribution in [1.29, 1.82) is 0 Å². The standard InChI is InChI=1S/C11H11NO3/c1-9(14)15-11-5-3-2-4-10(11)6-7-12-8-13/h2-8H,1H3,(H,12,13)/b7-6+. The molecule has 0 bridgehead atoms. The minimum atomic E-state index is -0.376. The van der Waals surface area contributed by atoms with Crippen molar-refractivity contribution in [2.45, 2.75) is 6.92 Å². The first-order valence-electron chi connectivity index (χ1n) is 4.37. The van der Waals surface area contributed by atoms with Crippen molar-refractivity contribution < 1.29 is 14.3 Å². The van der Waals surface area contributed by atoms with Crippen LogP contribution in [0.2, 0.25) is 0 Å². The van der Waals surface area contributed by atoms with Crippen LogP contribution in [0.15, 0.2) is 30.5 Å². The maximum Gasteiger partial charge on any atom is 0.308 e. The topological polar surface area (TPSA) is 55.4 Å². The molecule has 1 aromatic rings. The van der Waals surface area contributed by atoms with Gasteiger partial charge >= 0.3 is 5.97 Å². The van der Waals surface area contributed by atoms with Crippen LogP contribution in [0.4, 0.5) is 0 Å². The molecule has 0 aliphatic carbocycles. The Morgan fingerprint density at radius 1 is 1.40 bits per heavy atom. The molecule has 0 radical (unpaired) electrons. The Hall–Kier alpha value is -2.10. The molecule has 0 atom stereocenters. The third kappa shape index (κ3) is 3.64. The third-order valence-electron chi connectivity index (χ3n) is 1.60. The molecule has 0 fully saturated rings. The largest absolute Gasteiger partial charge is 0.426 e. The molecule has 0 aliphatic rings. The van der Waals surface area contributed by atoms with Crippen molar-refractivity contribution in [3.05, 3.63) is 36.0 Å². The summed E-state index contributed by atoms with van der Waals surface area (Å²) in [5.74, 6) is 0.0909. The summed E-state index contributed by atoms with van der Waals surface area (Å²) in [6, 6.07) is 7.04. The minimum absolute atomic E-state index is 0.376. The quantitative estimate of drug-likeness (QED) is 0.458. The van der Waals surface area contributed by atoms with Gasteiger partial charge in [-0.2, -0.15) is 0 Å². The van der Waals surface area contributed by atoms with Gasteiger partial charge in [-0.05, 0) is 12.1 Å². The van der Waals surface area contributed by atoms with E-state index in [-0.39, 0.29) is 5.97 Å². The molecule has 1 N–H and O–H groups in total. The lowest BCUT2D eigenvalue weighted by molar-refractivity contribution is -0.131. The van der Waals surface area contributed by atoms with Crippen LogP contribution in [0.25, 0.3) is 6.08 Å². The van der Waals surface area contributed by atoms with Crippen molar-refractivity contribution in [2.75, 3.05) is 0 Å². The van der Waals surface area contributed by atoms with Gasteiger partial charge in [0.25, 0.3) is 0 Å². The van der Waals surface area contributed by atoms with E-state index in [1.807, 2.05) is 6.07 Å². The zero-order valence-electron chi connectivity index (χ0n) is 8.27. The average molecular weight is 205 g/mol. The molecule has 0 aliphatic heterocycles. The third-order valence-corrected chi connectivity index (χ3v) is 1.60. The summed E-state index contributed by atoms with van der Waals surface area (Å²) in [5, 5.41) is 2.38. The van der Waals surface area contributed by atoms with E-state index in [9.17, 15) is 9.59 Å². The van der Waals surface area contributed by atoms with Crippen LogP contribution >= 0.6 is 0 Å². The molecule has 0 saturated heterocycles. The highest BCUT2D eigenvalue weighted by atomic mass is 16.5. The second-order valence-corrected chi connectivity index (χ2v) is 2.75. The summed E-state index contributed by atoms with van der Waals surface area (Å²) in [7, 11) is 0. The van der Waals surface area contributed by atoms with Crippen molar-refractivity contribution >= 4 is 18.5 Å². The van der Waals surface area contributed by atoms with E-state index in [4.69, 9.17) is 4.74 Å². The highest BCUT2D eigenvalue weighted by Gasteiger charge is 2.01. The molecule has 1 rings (SSSR count). The number of carbonyl (C=O) groups excluding carboxylic acids is 2. The SMILES string of the molecule is CC(=O)Oc1ccccc1/C=C/NC=O. The lowest BCUT2D eigenvalue weighted by Crippen LogP contribution is -2.03.